The quantitative estimate of drug-likeness (QED) is 0.125. The molecular weight excluding hydrogens is 651 g/mol. The molecule has 264 valence electrons. The fourth-order valence-corrected chi connectivity index (χ4v) is 6.52. The minimum Gasteiger partial charge on any atom is -0.457 e. The van der Waals surface area contributed by atoms with Gasteiger partial charge in [-0.1, -0.05) is 91.0 Å². The fourth-order valence-electron chi connectivity index (χ4n) is 6.52. The van der Waals surface area contributed by atoms with Crippen LogP contribution in [-0.4, -0.2) is 35.7 Å². The van der Waals surface area contributed by atoms with Crippen molar-refractivity contribution in [2.24, 2.45) is 0 Å². The number of amides is 2. The maximum Gasteiger partial charge on any atom is 0.323 e. The summed E-state index contributed by atoms with van der Waals surface area (Å²) in [5.41, 5.74) is 5.16. The highest BCUT2D eigenvalue weighted by atomic mass is 16.7. The molecule has 52 heavy (non-hydrogen) atoms. The number of anilines is 2. The molecule has 0 radical (unpaired) electrons. The molecule has 6 aromatic rings. The Morgan fingerprint density at radius 3 is 2.23 bits per heavy atom. The predicted molar refractivity (Wildman–Crippen MR) is 205 cm³/mol. The van der Waals surface area contributed by atoms with Crippen LogP contribution < -0.4 is 15.4 Å². The first-order valence-electron chi connectivity index (χ1n) is 17.6. The first-order valence-corrected chi connectivity index (χ1v) is 17.6. The Balaban J connectivity index is 1.04. The molecular formula is C44H43N3O5. The highest BCUT2D eigenvalue weighted by Gasteiger charge is 2.33. The monoisotopic (exact) mass is 693 g/mol. The summed E-state index contributed by atoms with van der Waals surface area (Å²) in [4.78, 5) is 15.3. The number of hydrogen-bond acceptors (Lipinski definition) is 6. The maximum atomic E-state index is 13.0. The van der Waals surface area contributed by atoms with Gasteiger partial charge in [-0.15, -0.1) is 0 Å². The number of hydrogen-bond donors (Lipinski definition) is 3. The van der Waals surface area contributed by atoms with Crippen molar-refractivity contribution in [2.75, 3.05) is 24.2 Å². The second kappa shape index (κ2) is 16.2. The molecule has 3 N–H and O–H groups in total. The van der Waals surface area contributed by atoms with Gasteiger partial charge in [-0.25, -0.2) is 4.79 Å². The summed E-state index contributed by atoms with van der Waals surface area (Å²) in [5.74, 6) is 1.42. The van der Waals surface area contributed by atoms with E-state index in [2.05, 4.69) is 72.0 Å². The predicted octanol–water partition coefficient (Wildman–Crippen LogP) is 10.0. The molecule has 8 heteroatoms. The number of benzene rings is 6. The van der Waals surface area contributed by atoms with Gasteiger partial charge < -0.3 is 30.0 Å². The number of rotatable bonds is 11. The number of likely N-dealkylation sites (N-methyl/N-ethyl adjacent to an activating group) is 1. The summed E-state index contributed by atoms with van der Waals surface area (Å²) in [7, 11) is 2.13. The molecule has 0 aliphatic carbocycles. The average Bonchev–Trinajstić information content (AvgIpc) is 3.18. The number of fused-ring (bicyclic) bond motifs is 1. The van der Waals surface area contributed by atoms with E-state index >= 15 is 0 Å². The molecule has 1 fully saturated rings. The third-order valence-electron chi connectivity index (χ3n) is 9.53. The minimum absolute atomic E-state index is 0.0149. The van der Waals surface area contributed by atoms with E-state index in [9.17, 15) is 9.90 Å². The first-order chi connectivity index (χ1) is 25.4. The Morgan fingerprint density at radius 1 is 0.750 bits per heavy atom. The van der Waals surface area contributed by atoms with Gasteiger partial charge in [0.1, 0.15) is 11.5 Å². The number of urea groups is 1. The summed E-state index contributed by atoms with van der Waals surface area (Å²) in [5, 5.41) is 17.9. The van der Waals surface area contributed by atoms with E-state index in [-0.39, 0.29) is 30.9 Å². The van der Waals surface area contributed by atoms with Crippen molar-refractivity contribution >= 4 is 28.2 Å². The molecule has 4 atom stereocenters. The highest BCUT2D eigenvalue weighted by molar-refractivity contribution is 5.99. The Labute approximate surface area is 304 Å². The van der Waals surface area contributed by atoms with Crippen molar-refractivity contribution in [2.45, 2.75) is 44.5 Å². The number of aliphatic hydroxyl groups is 1. The van der Waals surface area contributed by atoms with Crippen molar-refractivity contribution < 1.29 is 24.1 Å². The van der Waals surface area contributed by atoms with Crippen LogP contribution >= 0.6 is 0 Å². The molecule has 0 saturated carbocycles. The Morgan fingerprint density at radius 2 is 1.46 bits per heavy atom. The SMILES string of the molecule is C[C@H](c1ccc2ccccc2c1)N(C)C[C@@H]1C[C@H](c2ccc(CO)cc2)O[C@H](c2cccc(NC(=O)Nc3ccc(Oc4ccccc4)cc3)c2)O1. The van der Waals surface area contributed by atoms with Crippen LogP contribution in [0.15, 0.2) is 146 Å². The van der Waals surface area contributed by atoms with E-state index in [4.69, 9.17) is 14.2 Å². The van der Waals surface area contributed by atoms with Crippen LogP contribution in [0.3, 0.4) is 0 Å². The van der Waals surface area contributed by atoms with Gasteiger partial charge in [0, 0.05) is 35.9 Å². The molecule has 1 saturated heterocycles. The van der Waals surface area contributed by atoms with Crippen molar-refractivity contribution in [3.8, 4) is 11.5 Å². The van der Waals surface area contributed by atoms with Gasteiger partial charge in [0.05, 0.1) is 18.8 Å². The fraction of sp³-hybridized carbons (Fsp3) is 0.205. The molecule has 2 amide bonds. The van der Waals surface area contributed by atoms with Crippen molar-refractivity contribution in [1.29, 1.82) is 0 Å². The second-order valence-electron chi connectivity index (χ2n) is 13.2. The number of carbonyl (C=O) groups excluding carboxylic acids is 1. The van der Waals surface area contributed by atoms with Crippen LogP contribution in [0, 0.1) is 0 Å². The maximum absolute atomic E-state index is 13.0. The zero-order chi connectivity index (χ0) is 35.9. The largest absolute Gasteiger partial charge is 0.457 e. The number of ether oxygens (including phenoxy) is 3. The minimum atomic E-state index is -0.660. The average molecular weight is 694 g/mol. The number of carbonyl (C=O) groups is 1. The summed E-state index contributed by atoms with van der Waals surface area (Å²) in [6.07, 6.45) is -0.357. The normalized spacial score (nSPS) is 17.8. The lowest BCUT2D eigenvalue weighted by molar-refractivity contribution is -0.253. The van der Waals surface area contributed by atoms with Crippen molar-refractivity contribution in [3.05, 3.63) is 168 Å². The van der Waals surface area contributed by atoms with Gasteiger partial charge in [-0.3, -0.25) is 4.90 Å². The van der Waals surface area contributed by atoms with Gasteiger partial charge >= 0.3 is 6.03 Å². The van der Waals surface area contributed by atoms with E-state index in [0.717, 1.165) is 22.4 Å². The van der Waals surface area contributed by atoms with E-state index in [1.807, 2.05) is 91.0 Å². The Bertz CT molecular complexity index is 2090. The lowest BCUT2D eigenvalue weighted by atomic mass is 9.98. The third-order valence-corrected chi connectivity index (χ3v) is 9.53. The Kier molecular flexibility index (Phi) is 10.9. The van der Waals surface area contributed by atoms with E-state index in [0.29, 0.717) is 30.1 Å². The standard InChI is InChI=1S/C44H43N3O5/c1-30(34-20-19-32-9-6-7-10-35(32)25-34)47(2)28-41-27-42(33-17-15-31(29-48)16-18-33)52-43(51-41)36-11-8-12-38(26-36)46-44(49)45-37-21-23-40(24-22-37)50-39-13-4-3-5-14-39/h3-26,30,41-43,48H,27-29H2,1-2H3,(H2,45,46,49)/t30-,41+,42-,43-/m1/s1. The summed E-state index contributed by atoms with van der Waals surface area (Å²) in [6, 6.07) is 47.1. The van der Waals surface area contributed by atoms with Crippen LogP contribution in [0.5, 0.6) is 11.5 Å². The van der Waals surface area contributed by atoms with E-state index in [1.54, 1.807) is 12.1 Å². The van der Waals surface area contributed by atoms with Crippen LogP contribution in [-0.2, 0) is 16.1 Å². The van der Waals surface area contributed by atoms with E-state index < -0.39 is 6.29 Å². The smallest absolute Gasteiger partial charge is 0.323 e. The summed E-state index contributed by atoms with van der Waals surface area (Å²) < 4.78 is 19.1. The zero-order valence-electron chi connectivity index (χ0n) is 29.3. The molecule has 8 nitrogen and oxygen atoms in total. The number of nitrogens with zero attached hydrogens (tertiary/aromatic N) is 1. The van der Waals surface area contributed by atoms with Crippen molar-refractivity contribution in [3.63, 3.8) is 0 Å². The van der Waals surface area contributed by atoms with Gasteiger partial charge in [0.25, 0.3) is 0 Å². The molecule has 1 heterocycles. The Hall–Kier alpha value is -5.51. The summed E-state index contributed by atoms with van der Waals surface area (Å²) in [6.45, 7) is 2.90. The van der Waals surface area contributed by atoms with Crippen LogP contribution in [0.2, 0.25) is 0 Å². The van der Waals surface area contributed by atoms with Gasteiger partial charge in [-0.05, 0) is 96.0 Å². The van der Waals surface area contributed by atoms with Gasteiger partial charge in [-0.2, -0.15) is 0 Å². The highest BCUT2D eigenvalue weighted by Crippen LogP contribution is 2.39. The number of aliphatic hydroxyl groups excluding tert-OH is 1. The second-order valence-corrected chi connectivity index (χ2v) is 13.2. The molecule has 1 aliphatic heterocycles. The molecule has 0 spiro atoms. The van der Waals surface area contributed by atoms with Crippen LogP contribution in [0.25, 0.3) is 10.8 Å². The van der Waals surface area contributed by atoms with Crippen molar-refractivity contribution in [1.82, 2.24) is 4.90 Å². The van der Waals surface area contributed by atoms with Gasteiger partial charge in [0.2, 0.25) is 0 Å². The van der Waals surface area contributed by atoms with E-state index in [1.165, 1.54) is 16.3 Å². The molecule has 0 aromatic heterocycles. The number of nitrogens with one attached hydrogen (secondary N) is 2. The lowest BCUT2D eigenvalue weighted by Gasteiger charge is -2.39. The third kappa shape index (κ3) is 8.67. The molecule has 0 bridgehead atoms. The topological polar surface area (TPSA) is 92.3 Å². The van der Waals surface area contributed by atoms with Crippen LogP contribution in [0.1, 0.15) is 54.0 Å². The summed E-state index contributed by atoms with van der Waals surface area (Å²) >= 11 is 0. The molecule has 6 aromatic carbocycles. The lowest BCUT2D eigenvalue weighted by Crippen LogP contribution is -2.38. The molecule has 0 unspecified atom stereocenters. The molecule has 7 rings (SSSR count). The van der Waals surface area contributed by atoms with Gasteiger partial charge in [0.15, 0.2) is 6.29 Å². The molecule has 1 aliphatic rings. The van der Waals surface area contributed by atoms with Crippen LogP contribution in [0.4, 0.5) is 16.2 Å². The number of para-hydroxylation sites is 1. The first kappa shape index (κ1) is 34.9. The zero-order valence-corrected chi connectivity index (χ0v) is 29.3.